The Morgan fingerprint density at radius 2 is 1.93 bits per heavy atom. The van der Waals surface area contributed by atoms with Crippen LogP contribution in [0.3, 0.4) is 0 Å². The van der Waals surface area contributed by atoms with E-state index in [1.165, 1.54) is 19.1 Å². The van der Waals surface area contributed by atoms with E-state index in [0.717, 1.165) is 6.07 Å². The van der Waals surface area contributed by atoms with Crippen molar-refractivity contribution in [1.29, 1.82) is 0 Å². The molecule has 0 bridgehead atoms. The molecule has 9 heteroatoms. The van der Waals surface area contributed by atoms with E-state index in [2.05, 4.69) is 15.8 Å². The van der Waals surface area contributed by atoms with Gasteiger partial charge in [-0.15, -0.1) is 0 Å². The fourth-order valence-electron chi connectivity index (χ4n) is 2.77. The second kappa shape index (κ2) is 7.71. The van der Waals surface area contributed by atoms with Crippen LogP contribution < -0.4 is 10.7 Å². The van der Waals surface area contributed by atoms with Crippen LogP contribution in [-0.2, 0) is 22.1 Å². The summed E-state index contributed by atoms with van der Waals surface area (Å²) in [6.07, 6.45) is -5.26. The van der Waals surface area contributed by atoms with Crippen LogP contribution in [0.2, 0.25) is 0 Å². The van der Waals surface area contributed by atoms with Crippen LogP contribution in [0.15, 0.2) is 47.6 Å². The molecule has 2 aromatic rings. The van der Waals surface area contributed by atoms with Crippen molar-refractivity contribution < 1.29 is 27.5 Å². The molecule has 2 N–H and O–H groups in total. The summed E-state index contributed by atoms with van der Waals surface area (Å²) in [7, 11) is 0. The zero-order valence-electron chi connectivity index (χ0n) is 14.8. The molecule has 1 heterocycles. The van der Waals surface area contributed by atoms with E-state index in [1.54, 1.807) is 24.3 Å². The summed E-state index contributed by atoms with van der Waals surface area (Å²) >= 11 is 0. The number of anilines is 1. The molecule has 3 rings (SSSR count). The van der Waals surface area contributed by atoms with Crippen molar-refractivity contribution in [1.82, 2.24) is 5.43 Å². The molecule has 0 saturated heterocycles. The van der Waals surface area contributed by atoms with Gasteiger partial charge < -0.3 is 10.1 Å². The molecule has 0 unspecified atom stereocenters. The van der Waals surface area contributed by atoms with E-state index in [-0.39, 0.29) is 18.6 Å². The first kappa shape index (κ1) is 19.4. The number of benzene rings is 2. The molecule has 1 aliphatic rings. The lowest BCUT2D eigenvalue weighted by Gasteiger charge is -2.14. The number of halogens is 3. The SMILES string of the molecule is Cc1c(CC(=O)Nc2ccc(C3=NNC(=O)OC3)cc2)cccc1C(F)(F)F. The van der Waals surface area contributed by atoms with Gasteiger partial charge in [-0.25, -0.2) is 10.2 Å². The van der Waals surface area contributed by atoms with Crippen molar-refractivity contribution in [3.8, 4) is 0 Å². The molecule has 2 aromatic carbocycles. The summed E-state index contributed by atoms with van der Waals surface area (Å²) in [6, 6.07) is 10.4. The fraction of sp³-hybridized carbons (Fsp3) is 0.211. The quantitative estimate of drug-likeness (QED) is 0.835. The zero-order chi connectivity index (χ0) is 20.3. The van der Waals surface area contributed by atoms with E-state index in [9.17, 15) is 22.8 Å². The number of hydrazone groups is 1. The topological polar surface area (TPSA) is 79.8 Å². The molecule has 0 fully saturated rings. The Morgan fingerprint density at radius 1 is 1.21 bits per heavy atom. The van der Waals surface area contributed by atoms with Crippen molar-refractivity contribution >= 4 is 23.4 Å². The Labute approximate surface area is 158 Å². The van der Waals surface area contributed by atoms with Gasteiger partial charge in [0.15, 0.2) is 0 Å². The Kier molecular flexibility index (Phi) is 5.34. The third kappa shape index (κ3) is 4.48. The van der Waals surface area contributed by atoms with Gasteiger partial charge in [0.05, 0.1) is 12.0 Å². The highest BCUT2D eigenvalue weighted by molar-refractivity contribution is 6.04. The van der Waals surface area contributed by atoms with E-state index in [0.29, 0.717) is 22.5 Å². The predicted molar refractivity (Wildman–Crippen MR) is 96.0 cm³/mol. The minimum absolute atomic E-state index is 0.0341. The number of cyclic esters (lactones) is 1. The number of carbonyl (C=O) groups excluding carboxylic acids is 2. The lowest BCUT2D eigenvalue weighted by atomic mass is 9.99. The highest BCUT2D eigenvalue weighted by Crippen LogP contribution is 2.33. The molecule has 0 atom stereocenters. The maximum absolute atomic E-state index is 13.0. The van der Waals surface area contributed by atoms with Gasteiger partial charge in [0.1, 0.15) is 12.3 Å². The van der Waals surface area contributed by atoms with Crippen molar-refractivity contribution in [3.05, 3.63) is 64.7 Å². The lowest BCUT2D eigenvalue weighted by molar-refractivity contribution is -0.138. The molecule has 28 heavy (non-hydrogen) atoms. The summed E-state index contributed by atoms with van der Waals surface area (Å²) in [5.74, 6) is -0.430. The van der Waals surface area contributed by atoms with E-state index in [4.69, 9.17) is 4.74 Å². The summed E-state index contributed by atoms with van der Waals surface area (Å²) < 4.78 is 43.8. The smallest absolute Gasteiger partial charge is 0.428 e. The number of carbonyl (C=O) groups is 2. The maximum atomic E-state index is 13.0. The van der Waals surface area contributed by atoms with Crippen molar-refractivity contribution in [2.45, 2.75) is 19.5 Å². The van der Waals surface area contributed by atoms with Gasteiger partial charge >= 0.3 is 12.3 Å². The summed E-state index contributed by atoms with van der Waals surface area (Å²) in [5, 5.41) is 6.53. The first-order chi connectivity index (χ1) is 13.2. The number of ether oxygens (including phenoxy) is 1. The summed E-state index contributed by atoms with van der Waals surface area (Å²) in [5.41, 5.74) is 3.52. The first-order valence-electron chi connectivity index (χ1n) is 8.29. The van der Waals surface area contributed by atoms with Gasteiger partial charge in [0, 0.05) is 11.3 Å². The lowest BCUT2D eigenvalue weighted by Crippen LogP contribution is -2.30. The molecular weight excluding hydrogens is 375 g/mol. The average molecular weight is 391 g/mol. The number of rotatable bonds is 4. The van der Waals surface area contributed by atoms with E-state index in [1.807, 2.05) is 0 Å². The number of amides is 2. The minimum atomic E-state index is -4.46. The van der Waals surface area contributed by atoms with Gasteiger partial charge in [0.25, 0.3) is 0 Å². The molecule has 0 aromatic heterocycles. The Hall–Kier alpha value is -3.36. The standard InChI is InChI=1S/C19H16F3N3O3/c1-11-13(3-2-4-15(11)19(20,21)22)9-17(26)23-14-7-5-12(6-8-14)16-10-28-18(27)25-24-16/h2-8H,9-10H2,1H3,(H,23,26)(H,25,27). The van der Waals surface area contributed by atoms with Gasteiger partial charge in [-0.05, 0) is 36.2 Å². The highest BCUT2D eigenvalue weighted by atomic mass is 19.4. The summed E-state index contributed by atoms with van der Waals surface area (Å²) in [6.45, 7) is 1.39. The first-order valence-corrected chi connectivity index (χ1v) is 8.29. The molecule has 2 amide bonds. The number of nitrogens with one attached hydrogen (secondary N) is 2. The molecule has 1 aliphatic heterocycles. The van der Waals surface area contributed by atoms with Gasteiger partial charge in [-0.1, -0.05) is 24.3 Å². The summed E-state index contributed by atoms with van der Waals surface area (Å²) in [4.78, 5) is 23.1. The largest absolute Gasteiger partial charge is 0.442 e. The van der Waals surface area contributed by atoms with E-state index < -0.39 is 23.7 Å². The number of hydrogen-bond donors (Lipinski definition) is 2. The van der Waals surface area contributed by atoms with Gasteiger partial charge in [-0.3, -0.25) is 4.79 Å². The Balaban J connectivity index is 1.67. The maximum Gasteiger partial charge on any atom is 0.428 e. The average Bonchev–Trinajstić information content (AvgIpc) is 2.64. The van der Waals surface area contributed by atoms with Crippen LogP contribution in [0.1, 0.15) is 22.3 Å². The molecule has 0 radical (unpaired) electrons. The van der Waals surface area contributed by atoms with Crippen molar-refractivity contribution in [3.63, 3.8) is 0 Å². The van der Waals surface area contributed by atoms with Crippen LogP contribution in [0.5, 0.6) is 0 Å². The molecular formula is C19H16F3N3O3. The number of nitrogens with zero attached hydrogens (tertiary/aromatic N) is 1. The molecule has 0 saturated carbocycles. The molecule has 146 valence electrons. The van der Waals surface area contributed by atoms with Crippen LogP contribution in [-0.4, -0.2) is 24.3 Å². The molecule has 6 nitrogen and oxygen atoms in total. The third-order valence-corrected chi connectivity index (χ3v) is 4.23. The number of alkyl halides is 3. The monoisotopic (exact) mass is 391 g/mol. The van der Waals surface area contributed by atoms with Crippen LogP contribution in [0.25, 0.3) is 0 Å². The normalized spacial score (nSPS) is 14.0. The van der Waals surface area contributed by atoms with E-state index >= 15 is 0 Å². The highest BCUT2D eigenvalue weighted by Gasteiger charge is 2.32. The number of hydrogen-bond acceptors (Lipinski definition) is 4. The second-order valence-corrected chi connectivity index (χ2v) is 6.14. The molecule has 0 aliphatic carbocycles. The van der Waals surface area contributed by atoms with Gasteiger partial charge in [-0.2, -0.15) is 18.3 Å². The molecule has 0 spiro atoms. The van der Waals surface area contributed by atoms with Crippen LogP contribution >= 0.6 is 0 Å². The second-order valence-electron chi connectivity index (χ2n) is 6.14. The fourth-order valence-corrected chi connectivity index (χ4v) is 2.77. The van der Waals surface area contributed by atoms with Crippen molar-refractivity contribution in [2.75, 3.05) is 11.9 Å². The third-order valence-electron chi connectivity index (χ3n) is 4.23. The Bertz CT molecular complexity index is 938. The van der Waals surface area contributed by atoms with Crippen molar-refractivity contribution in [2.24, 2.45) is 5.10 Å². The zero-order valence-corrected chi connectivity index (χ0v) is 14.8. The van der Waals surface area contributed by atoms with Gasteiger partial charge in [0.2, 0.25) is 5.91 Å². The van der Waals surface area contributed by atoms with Crippen LogP contribution in [0, 0.1) is 6.92 Å². The minimum Gasteiger partial charge on any atom is -0.442 e. The predicted octanol–water partition coefficient (Wildman–Crippen LogP) is 3.64. The van der Waals surface area contributed by atoms with Crippen LogP contribution in [0.4, 0.5) is 23.7 Å². The Morgan fingerprint density at radius 3 is 2.54 bits per heavy atom.